The molecule has 2 rings (SSSR count). The van der Waals surface area contributed by atoms with E-state index < -0.39 is 11.8 Å². The van der Waals surface area contributed by atoms with Gasteiger partial charge in [0, 0.05) is 6.54 Å². The first kappa shape index (κ1) is 19.2. The molecule has 134 valence electrons. The van der Waals surface area contributed by atoms with Gasteiger partial charge in [-0.05, 0) is 42.9 Å². The molecule has 1 aliphatic rings. The van der Waals surface area contributed by atoms with Crippen molar-refractivity contribution in [1.29, 1.82) is 0 Å². The second kappa shape index (κ2) is 8.83. The van der Waals surface area contributed by atoms with Crippen molar-refractivity contribution in [2.45, 2.75) is 6.92 Å². The normalized spacial score (nSPS) is 15.5. The Hall–Kier alpha value is -3.11. The van der Waals surface area contributed by atoms with Crippen molar-refractivity contribution in [1.82, 2.24) is 10.2 Å². The van der Waals surface area contributed by atoms with Gasteiger partial charge in [-0.25, -0.2) is 0 Å². The molecule has 26 heavy (non-hydrogen) atoms. The van der Waals surface area contributed by atoms with Crippen molar-refractivity contribution in [2.75, 3.05) is 19.8 Å². The van der Waals surface area contributed by atoms with Crippen molar-refractivity contribution < 1.29 is 19.1 Å². The molecule has 6 nitrogen and oxygen atoms in total. The van der Waals surface area contributed by atoms with E-state index in [9.17, 15) is 9.59 Å². The van der Waals surface area contributed by atoms with Gasteiger partial charge in [0.25, 0.3) is 11.8 Å². The molecule has 0 spiro atoms. The minimum atomic E-state index is -0.550. The van der Waals surface area contributed by atoms with Crippen LogP contribution in [-0.2, 0) is 9.59 Å². The van der Waals surface area contributed by atoms with Crippen molar-refractivity contribution in [3.8, 4) is 23.8 Å². The highest BCUT2D eigenvalue weighted by Crippen LogP contribution is 2.29. The van der Waals surface area contributed by atoms with E-state index in [1.807, 2.05) is 6.92 Å². The quantitative estimate of drug-likeness (QED) is 0.261. The maximum atomic E-state index is 12.5. The molecule has 1 N–H and O–H groups in total. The molecular weight excluding hydrogens is 352 g/mol. The number of carbonyl (C=O) groups excluding carboxylic acids is 2. The highest BCUT2D eigenvalue weighted by Gasteiger charge is 2.32. The van der Waals surface area contributed by atoms with Crippen LogP contribution < -0.4 is 14.8 Å². The van der Waals surface area contributed by atoms with Gasteiger partial charge in [-0.1, -0.05) is 18.1 Å². The fourth-order valence-corrected chi connectivity index (χ4v) is 2.53. The summed E-state index contributed by atoms with van der Waals surface area (Å²) in [6.07, 6.45) is 8.21. The Labute approximate surface area is 157 Å². The highest BCUT2D eigenvalue weighted by atomic mass is 32.1. The largest absolute Gasteiger partial charge is 0.490 e. The molecule has 0 radical (unpaired) electrons. The Balaban J connectivity index is 2.37. The molecule has 1 aromatic carbocycles. The predicted octanol–water partition coefficient (Wildman–Crippen LogP) is 1.91. The number of nitrogens with one attached hydrogen (secondary N) is 1. The molecule has 0 unspecified atom stereocenters. The third-order valence-electron chi connectivity index (χ3n) is 3.39. The lowest BCUT2D eigenvalue weighted by Crippen LogP contribution is -2.53. The van der Waals surface area contributed by atoms with E-state index in [-0.39, 0.29) is 23.8 Å². The third-order valence-corrected chi connectivity index (χ3v) is 3.71. The fraction of sp³-hybridized carbons (Fsp3) is 0.211. The van der Waals surface area contributed by atoms with E-state index in [2.05, 4.69) is 17.8 Å². The summed E-state index contributed by atoms with van der Waals surface area (Å²) in [6.45, 7) is 6.16. The standard InChI is InChI=1S/C19H18N2O4S/c1-4-9-21-18(23)14(17(22)20-19(21)26)11-13-7-8-15(25-10-5-2)16(12-13)24-6-3/h2,4,7-8,11-12H,1,6,9-10H2,3H3,(H,20,22,26)/b14-11-. The third kappa shape index (κ3) is 4.29. The van der Waals surface area contributed by atoms with Crippen molar-refractivity contribution in [2.24, 2.45) is 0 Å². The molecular formula is C19H18N2O4S. The Morgan fingerprint density at radius 1 is 1.35 bits per heavy atom. The highest BCUT2D eigenvalue weighted by molar-refractivity contribution is 7.80. The summed E-state index contributed by atoms with van der Waals surface area (Å²) in [7, 11) is 0. The lowest BCUT2D eigenvalue weighted by Gasteiger charge is -2.27. The zero-order chi connectivity index (χ0) is 19.1. The second-order valence-electron chi connectivity index (χ2n) is 5.15. The van der Waals surface area contributed by atoms with Gasteiger partial charge in [-0.2, -0.15) is 0 Å². The van der Waals surface area contributed by atoms with Crippen LogP contribution in [0.1, 0.15) is 12.5 Å². The second-order valence-corrected chi connectivity index (χ2v) is 5.54. The number of ether oxygens (including phenoxy) is 2. The van der Waals surface area contributed by atoms with Gasteiger partial charge >= 0.3 is 0 Å². The summed E-state index contributed by atoms with van der Waals surface area (Å²) in [4.78, 5) is 26.0. The lowest BCUT2D eigenvalue weighted by molar-refractivity contribution is -0.128. The number of carbonyl (C=O) groups is 2. The number of rotatable bonds is 7. The van der Waals surface area contributed by atoms with E-state index in [1.54, 1.807) is 18.2 Å². The van der Waals surface area contributed by atoms with Gasteiger partial charge in [-0.3, -0.25) is 19.8 Å². The molecule has 1 aliphatic heterocycles. The average molecular weight is 370 g/mol. The van der Waals surface area contributed by atoms with E-state index in [0.717, 1.165) is 0 Å². The Kier molecular flexibility index (Phi) is 6.53. The van der Waals surface area contributed by atoms with Crippen LogP contribution in [0.25, 0.3) is 6.08 Å². The van der Waals surface area contributed by atoms with Gasteiger partial charge < -0.3 is 9.47 Å². The molecule has 1 saturated heterocycles. The molecule has 1 fully saturated rings. The number of hydrogen-bond acceptors (Lipinski definition) is 5. The van der Waals surface area contributed by atoms with Crippen LogP contribution in [0.3, 0.4) is 0 Å². The first-order chi connectivity index (χ1) is 12.5. The summed E-state index contributed by atoms with van der Waals surface area (Å²) in [5.41, 5.74) is 0.576. The molecule has 2 amide bonds. The van der Waals surface area contributed by atoms with Gasteiger partial charge in [-0.15, -0.1) is 13.0 Å². The predicted molar refractivity (Wildman–Crippen MR) is 103 cm³/mol. The van der Waals surface area contributed by atoms with E-state index >= 15 is 0 Å². The van der Waals surface area contributed by atoms with Crippen LogP contribution in [0.2, 0.25) is 0 Å². The van der Waals surface area contributed by atoms with Crippen molar-refractivity contribution >= 4 is 35.2 Å². The summed E-state index contributed by atoms with van der Waals surface area (Å²) in [5.74, 6) is 2.31. The SMILES string of the molecule is C#CCOc1ccc(/C=C2/C(=O)NC(=S)N(CC=C)C2=O)cc1OCC. The Morgan fingerprint density at radius 3 is 2.77 bits per heavy atom. The molecule has 1 heterocycles. The molecule has 1 aromatic rings. The van der Waals surface area contributed by atoms with E-state index in [1.165, 1.54) is 17.1 Å². The Morgan fingerprint density at radius 2 is 2.12 bits per heavy atom. The minimum absolute atomic E-state index is 0.0276. The number of hydrogen-bond donors (Lipinski definition) is 1. The van der Waals surface area contributed by atoms with Gasteiger partial charge in [0.15, 0.2) is 16.6 Å². The number of nitrogens with zero attached hydrogens (tertiary/aromatic N) is 1. The monoisotopic (exact) mass is 370 g/mol. The van der Waals surface area contributed by atoms with Crippen LogP contribution in [0.15, 0.2) is 36.4 Å². The molecule has 0 atom stereocenters. The smallest absolute Gasteiger partial charge is 0.265 e. The fourth-order valence-electron chi connectivity index (χ4n) is 2.28. The summed E-state index contributed by atoms with van der Waals surface area (Å²) in [5, 5.41) is 2.56. The van der Waals surface area contributed by atoms with Crippen molar-refractivity contribution in [3.05, 3.63) is 42.0 Å². The van der Waals surface area contributed by atoms with E-state index in [0.29, 0.717) is 23.7 Å². The zero-order valence-electron chi connectivity index (χ0n) is 14.3. The van der Waals surface area contributed by atoms with Crippen LogP contribution in [0.5, 0.6) is 11.5 Å². The summed E-state index contributed by atoms with van der Waals surface area (Å²) < 4.78 is 11.0. The summed E-state index contributed by atoms with van der Waals surface area (Å²) in [6, 6.07) is 5.05. The van der Waals surface area contributed by atoms with Gasteiger partial charge in [0.05, 0.1) is 6.61 Å². The van der Waals surface area contributed by atoms with Crippen LogP contribution in [0, 0.1) is 12.3 Å². The van der Waals surface area contributed by atoms with Crippen LogP contribution in [0.4, 0.5) is 0 Å². The number of terminal acetylenes is 1. The minimum Gasteiger partial charge on any atom is -0.490 e. The Bertz CT molecular complexity index is 823. The topological polar surface area (TPSA) is 67.9 Å². The maximum absolute atomic E-state index is 12.5. The first-order valence-electron chi connectivity index (χ1n) is 7.84. The maximum Gasteiger partial charge on any atom is 0.265 e. The molecule has 0 aromatic heterocycles. The average Bonchev–Trinajstić information content (AvgIpc) is 2.61. The zero-order valence-corrected chi connectivity index (χ0v) is 15.1. The number of thiocarbonyl (C=S) groups is 1. The van der Waals surface area contributed by atoms with Crippen LogP contribution >= 0.6 is 12.2 Å². The van der Waals surface area contributed by atoms with Gasteiger partial charge in [0.2, 0.25) is 0 Å². The lowest BCUT2D eigenvalue weighted by atomic mass is 10.1. The molecule has 0 saturated carbocycles. The number of amides is 2. The molecule has 7 heteroatoms. The van der Waals surface area contributed by atoms with Crippen LogP contribution in [-0.4, -0.2) is 41.6 Å². The molecule has 0 bridgehead atoms. The van der Waals surface area contributed by atoms with Gasteiger partial charge in [0.1, 0.15) is 12.2 Å². The van der Waals surface area contributed by atoms with Crippen molar-refractivity contribution in [3.63, 3.8) is 0 Å². The molecule has 0 aliphatic carbocycles. The first-order valence-corrected chi connectivity index (χ1v) is 8.25. The number of benzene rings is 1. The summed E-state index contributed by atoms with van der Waals surface area (Å²) >= 11 is 5.02. The van der Waals surface area contributed by atoms with E-state index in [4.69, 9.17) is 28.1 Å².